The van der Waals surface area contributed by atoms with E-state index in [4.69, 9.17) is 5.10 Å². The van der Waals surface area contributed by atoms with Crippen LogP contribution in [-0.2, 0) is 28.2 Å². The predicted molar refractivity (Wildman–Crippen MR) is 145 cm³/mol. The van der Waals surface area contributed by atoms with Gasteiger partial charge in [0.2, 0.25) is 0 Å². The lowest BCUT2D eigenvalue weighted by Crippen LogP contribution is -2.41. The van der Waals surface area contributed by atoms with Gasteiger partial charge in [0.05, 0.1) is 23.0 Å². The molecule has 0 spiro atoms. The SMILES string of the molecule is CCC1CC(C=O)N(Cc2ccc(NC(=O)c3sc(C)nc3C)cc2)N=C1c1ccc(CS(=O)[O-])cc1. The molecule has 0 bridgehead atoms. The lowest BCUT2D eigenvalue weighted by molar-refractivity contribution is -0.113. The van der Waals surface area contributed by atoms with E-state index >= 15 is 0 Å². The Hall–Kier alpha value is -3.21. The number of nitrogens with one attached hydrogen (secondary N) is 1. The topological polar surface area (TPSA) is 115 Å². The zero-order valence-electron chi connectivity index (χ0n) is 21.0. The summed E-state index contributed by atoms with van der Waals surface area (Å²) in [5.41, 5.74) is 4.90. The molecule has 0 saturated heterocycles. The minimum Gasteiger partial charge on any atom is -0.772 e. The van der Waals surface area contributed by atoms with Gasteiger partial charge in [-0.2, -0.15) is 5.10 Å². The van der Waals surface area contributed by atoms with Gasteiger partial charge in [0.15, 0.2) is 0 Å². The number of anilines is 1. The Bertz CT molecular complexity index is 1320. The number of rotatable bonds is 9. The highest BCUT2D eigenvalue weighted by Crippen LogP contribution is 2.28. The van der Waals surface area contributed by atoms with Crippen LogP contribution in [0.1, 0.15) is 56.8 Å². The van der Waals surface area contributed by atoms with Crippen LogP contribution in [0, 0.1) is 19.8 Å². The van der Waals surface area contributed by atoms with Crippen LogP contribution < -0.4 is 5.32 Å². The average Bonchev–Trinajstić information content (AvgIpc) is 3.23. The largest absolute Gasteiger partial charge is 0.772 e. The van der Waals surface area contributed by atoms with Gasteiger partial charge < -0.3 is 14.7 Å². The fourth-order valence-electron chi connectivity index (χ4n) is 4.47. The van der Waals surface area contributed by atoms with Crippen LogP contribution in [0.4, 0.5) is 5.69 Å². The van der Waals surface area contributed by atoms with E-state index in [9.17, 15) is 18.4 Å². The average molecular weight is 538 g/mol. The van der Waals surface area contributed by atoms with E-state index in [1.165, 1.54) is 11.3 Å². The molecule has 3 unspecified atom stereocenters. The molecule has 0 fully saturated rings. The highest BCUT2D eigenvalue weighted by atomic mass is 32.2. The molecule has 1 N–H and O–H groups in total. The Morgan fingerprint density at radius 3 is 2.41 bits per heavy atom. The third-order valence-corrected chi connectivity index (χ3v) is 8.02. The summed E-state index contributed by atoms with van der Waals surface area (Å²) in [6.45, 7) is 6.22. The second-order valence-corrected chi connectivity index (χ2v) is 11.2. The molecule has 8 nitrogen and oxygen atoms in total. The quantitative estimate of drug-likeness (QED) is 0.315. The maximum Gasteiger partial charge on any atom is 0.267 e. The van der Waals surface area contributed by atoms with Gasteiger partial charge in [-0.3, -0.25) is 14.0 Å². The highest BCUT2D eigenvalue weighted by molar-refractivity contribution is 7.78. The van der Waals surface area contributed by atoms with Crippen molar-refractivity contribution in [1.29, 1.82) is 0 Å². The number of amides is 1. The summed E-state index contributed by atoms with van der Waals surface area (Å²) in [6.07, 6.45) is 2.45. The molecule has 4 rings (SSSR count). The van der Waals surface area contributed by atoms with Crippen LogP contribution in [0.3, 0.4) is 0 Å². The second-order valence-electron chi connectivity index (χ2n) is 9.07. The molecule has 1 aromatic heterocycles. The number of thiazole rings is 1. The summed E-state index contributed by atoms with van der Waals surface area (Å²) < 4.78 is 22.0. The number of carbonyl (C=O) groups excluding carboxylic acids is 2. The van der Waals surface area contributed by atoms with Crippen LogP contribution in [0.5, 0.6) is 0 Å². The first kappa shape index (κ1) is 26.8. The van der Waals surface area contributed by atoms with Gasteiger partial charge in [-0.15, -0.1) is 11.3 Å². The molecule has 1 amide bonds. The van der Waals surface area contributed by atoms with E-state index in [1.807, 2.05) is 55.3 Å². The molecule has 0 aliphatic carbocycles. The normalized spacial score (nSPS) is 18.3. The molecule has 3 atom stereocenters. The Labute approximate surface area is 223 Å². The molecule has 0 saturated carbocycles. The van der Waals surface area contributed by atoms with Gasteiger partial charge in [-0.25, -0.2) is 4.98 Å². The van der Waals surface area contributed by atoms with Crippen molar-refractivity contribution in [2.24, 2.45) is 11.0 Å². The molecule has 3 aromatic rings. The maximum absolute atomic E-state index is 12.6. The van der Waals surface area contributed by atoms with Crippen LogP contribution in [0.15, 0.2) is 53.6 Å². The molecular weight excluding hydrogens is 508 g/mol. The first-order valence-corrected chi connectivity index (χ1v) is 14.1. The summed E-state index contributed by atoms with van der Waals surface area (Å²) >= 11 is -0.770. The van der Waals surface area contributed by atoms with Crippen LogP contribution in [-0.4, -0.2) is 42.7 Å². The smallest absolute Gasteiger partial charge is 0.267 e. The van der Waals surface area contributed by atoms with Crippen LogP contribution >= 0.6 is 11.3 Å². The van der Waals surface area contributed by atoms with E-state index in [0.29, 0.717) is 23.5 Å². The zero-order chi connectivity index (χ0) is 26.5. The van der Waals surface area contributed by atoms with E-state index < -0.39 is 11.1 Å². The molecule has 10 heteroatoms. The first-order chi connectivity index (χ1) is 17.8. The van der Waals surface area contributed by atoms with Gasteiger partial charge in [-0.05, 0) is 55.5 Å². The molecule has 0 radical (unpaired) electrons. The van der Waals surface area contributed by atoms with Crippen LogP contribution in [0.25, 0.3) is 0 Å². The van der Waals surface area contributed by atoms with Crippen molar-refractivity contribution in [2.45, 2.75) is 52.0 Å². The zero-order valence-corrected chi connectivity index (χ0v) is 22.6. The van der Waals surface area contributed by atoms with E-state index in [0.717, 1.165) is 45.8 Å². The fraction of sp³-hybridized carbons (Fsp3) is 0.333. The molecule has 2 heterocycles. The van der Waals surface area contributed by atoms with Crippen LogP contribution in [0.2, 0.25) is 0 Å². The van der Waals surface area contributed by atoms with Gasteiger partial charge >= 0.3 is 0 Å². The van der Waals surface area contributed by atoms with Crippen molar-refractivity contribution < 1.29 is 18.4 Å². The Morgan fingerprint density at radius 1 is 1.16 bits per heavy atom. The maximum atomic E-state index is 12.6. The molecule has 194 valence electrons. The predicted octanol–water partition coefficient (Wildman–Crippen LogP) is 4.60. The van der Waals surface area contributed by atoms with E-state index in [1.54, 1.807) is 12.1 Å². The number of aryl methyl sites for hydroxylation is 2. The van der Waals surface area contributed by atoms with Gasteiger partial charge in [0.25, 0.3) is 5.91 Å². The number of hydrogen-bond acceptors (Lipinski definition) is 8. The van der Waals surface area contributed by atoms with Crippen molar-refractivity contribution >= 4 is 46.0 Å². The summed E-state index contributed by atoms with van der Waals surface area (Å²) in [5.74, 6) is -0.0777. The number of hydrogen-bond donors (Lipinski definition) is 1. The minimum absolute atomic E-state index is 0.0246. The number of benzene rings is 2. The number of aromatic nitrogens is 1. The van der Waals surface area contributed by atoms with Crippen molar-refractivity contribution in [3.05, 3.63) is 80.8 Å². The Balaban J connectivity index is 1.51. The summed E-state index contributed by atoms with van der Waals surface area (Å²) in [7, 11) is 0. The van der Waals surface area contributed by atoms with Gasteiger partial charge in [0, 0.05) is 17.4 Å². The molecule has 1 aliphatic rings. The number of hydrazone groups is 1. The van der Waals surface area contributed by atoms with Crippen molar-refractivity contribution in [3.63, 3.8) is 0 Å². The lowest BCUT2D eigenvalue weighted by Gasteiger charge is -2.35. The summed E-state index contributed by atoms with van der Waals surface area (Å²) in [4.78, 5) is 29.4. The lowest BCUT2D eigenvalue weighted by atomic mass is 9.87. The van der Waals surface area contributed by atoms with Crippen molar-refractivity contribution in [1.82, 2.24) is 9.99 Å². The van der Waals surface area contributed by atoms with Crippen molar-refractivity contribution in [2.75, 3.05) is 5.32 Å². The van der Waals surface area contributed by atoms with Crippen molar-refractivity contribution in [3.8, 4) is 0 Å². The van der Waals surface area contributed by atoms with E-state index in [2.05, 4.69) is 17.2 Å². The molecule has 37 heavy (non-hydrogen) atoms. The monoisotopic (exact) mass is 537 g/mol. The third kappa shape index (κ3) is 6.57. The number of aldehydes is 1. The molecule has 2 aromatic carbocycles. The number of nitrogens with zero attached hydrogens (tertiary/aromatic N) is 3. The van der Waals surface area contributed by atoms with Gasteiger partial charge in [-0.1, -0.05) is 54.4 Å². The highest BCUT2D eigenvalue weighted by Gasteiger charge is 2.30. The molecule has 1 aliphatic heterocycles. The summed E-state index contributed by atoms with van der Waals surface area (Å²) in [6, 6.07) is 14.6. The number of carbonyl (C=O) groups is 2. The standard InChI is InChI=1S/C27H30N4O4S2/c1-4-21-13-24(15-32)31(30-25(21)22-9-5-20(6-10-22)16-37(34)35)14-19-7-11-23(12-8-19)29-27(33)26-17(2)28-18(3)36-26/h5-12,15,21,24H,4,13-14,16H2,1-3H3,(H,29,33)(H,34,35)/p-1. The third-order valence-electron chi connectivity index (χ3n) is 6.38. The fourth-order valence-corrected chi connectivity index (χ4v) is 5.75. The Kier molecular flexibility index (Phi) is 8.63. The summed E-state index contributed by atoms with van der Waals surface area (Å²) in [5, 5.41) is 10.5. The Morgan fingerprint density at radius 2 is 1.84 bits per heavy atom. The second kappa shape index (κ2) is 11.9. The first-order valence-electron chi connectivity index (χ1n) is 12.1. The minimum atomic E-state index is -2.14. The van der Waals surface area contributed by atoms with Gasteiger partial charge in [0.1, 0.15) is 17.2 Å². The van der Waals surface area contributed by atoms with E-state index in [-0.39, 0.29) is 23.6 Å². The molecular formula is C27H29N4O4S2-.